The quantitative estimate of drug-likeness (QED) is 0.0739. The van der Waals surface area contributed by atoms with Crippen molar-refractivity contribution in [3.8, 4) is 0 Å². The molecule has 0 unspecified atom stereocenters. The van der Waals surface area contributed by atoms with Gasteiger partial charge in [-0.15, -0.1) is 0 Å². The first-order valence-electron chi connectivity index (χ1n) is 15.4. The molecule has 0 aliphatic carbocycles. The number of esters is 1. The number of unbranched alkanes of at least 4 members (excludes halogenated alkanes) is 12. The zero-order chi connectivity index (χ0) is 26.5. The van der Waals surface area contributed by atoms with Crippen molar-refractivity contribution in [2.45, 2.75) is 137 Å². The normalized spacial score (nSPS) is 11.6. The zero-order valence-electron chi connectivity index (χ0n) is 24.7. The van der Waals surface area contributed by atoms with Crippen LogP contribution in [0.4, 0.5) is 0 Å². The molecule has 0 radical (unpaired) electrons. The Morgan fingerprint density at radius 2 is 0.861 bits per heavy atom. The average Bonchev–Trinajstić information content (AvgIpc) is 2.84. The number of hydrogen-bond donors (Lipinski definition) is 0. The molecule has 0 aliphatic rings. The van der Waals surface area contributed by atoms with Crippen molar-refractivity contribution >= 4 is 5.97 Å². The van der Waals surface area contributed by atoms with Gasteiger partial charge >= 0.3 is 5.97 Å². The minimum Gasteiger partial charge on any atom is -0.466 e. The van der Waals surface area contributed by atoms with Gasteiger partial charge in [0.1, 0.15) is 0 Å². The predicted molar refractivity (Wildman–Crippen MR) is 152 cm³/mol. The van der Waals surface area contributed by atoms with Crippen LogP contribution in [-0.4, -0.2) is 52.2 Å². The van der Waals surface area contributed by atoms with Gasteiger partial charge in [0.15, 0.2) is 0 Å². The molecule has 36 heavy (non-hydrogen) atoms. The van der Waals surface area contributed by atoms with E-state index in [9.17, 15) is 4.79 Å². The lowest BCUT2D eigenvalue weighted by atomic mass is 10.0. The van der Waals surface area contributed by atoms with Gasteiger partial charge in [-0.3, -0.25) is 4.79 Å². The Balaban J connectivity index is 3.16. The Bertz CT molecular complexity index is 439. The molecule has 0 rings (SSSR count). The predicted octanol–water partition coefficient (Wildman–Crippen LogP) is 8.52. The van der Waals surface area contributed by atoms with Gasteiger partial charge in [-0.2, -0.15) is 0 Å². The summed E-state index contributed by atoms with van der Waals surface area (Å²) in [4.78, 5) is 11.8. The van der Waals surface area contributed by atoms with Crippen LogP contribution in [0.2, 0.25) is 0 Å². The highest BCUT2D eigenvalue weighted by Crippen LogP contribution is 2.14. The van der Waals surface area contributed by atoms with Crippen LogP contribution < -0.4 is 0 Å². The Kier molecular flexibility index (Phi) is 28.4. The van der Waals surface area contributed by atoms with Gasteiger partial charge in [0.05, 0.1) is 33.0 Å². The molecule has 5 heteroatoms. The average molecular weight is 515 g/mol. The van der Waals surface area contributed by atoms with Crippen molar-refractivity contribution in [1.29, 1.82) is 0 Å². The molecule has 0 spiro atoms. The summed E-state index contributed by atoms with van der Waals surface area (Å²) < 4.78 is 21.8. The SMILES string of the molecule is CC(C)CCCCCCCCCCCCCCCOC(=O)CCCOCCOCCOCCC(C)C. The summed E-state index contributed by atoms with van der Waals surface area (Å²) in [7, 11) is 0. The Morgan fingerprint density at radius 3 is 1.36 bits per heavy atom. The van der Waals surface area contributed by atoms with Crippen LogP contribution in [0.5, 0.6) is 0 Å². The Labute approximate surface area is 224 Å². The Morgan fingerprint density at radius 1 is 0.444 bits per heavy atom. The molecule has 0 atom stereocenters. The fraction of sp³-hybridized carbons (Fsp3) is 0.968. The van der Waals surface area contributed by atoms with E-state index in [2.05, 4.69) is 27.7 Å². The van der Waals surface area contributed by atoms with Gasteiger partial charge in [-0.1, -0.05) is 111 Å². The van der Waals surface area contributed by atoms with Gasteiger partial charge in [-0.05, 0) is 31.1 Å². The lowest BCUT2D eigenvalue weighted by molar-refractivity contribution is -0.144. The minimum absolute atomic E-state index is 0.103. The number of ether oxygens (including phenoxy) is 4. The second kappa shape index (κ2) is 28.9. The van der Waals surface area contributed by atoms with Crippen molar-refractivity contribution in [1.82, 2.24) is 0 Å². The summed E-state index contributed by atoms with van der Waals surface area (Å²) >= 11 is 0. The zero-order valence-corrected chi connectivity index (χ0v) is 24.7. The summed E-state index contributed by atoms with van der Waals surface area (Å²) in [5.41, 5.74) is 0. The first-order valence-corrected chi connectivity index (χ1v) is 15.4. The number of hydrogen-bond acceptors (Lipinski definition) is 5. The molecule has 0 fully saturated rings. The third-order valence-corrected chi connectivity index (χ3v) is 6.44. The van der Waals surface area contributed by atoms with Gasteiger partial charge in [0.25, 0.3) is 0 Å². The van der Waals surface area contributed by atoms with Crippen LogP contribution in [0.1, 0.15) is 137 Å². The largest absolute Gasteiger partial charge is 0.466 e. The molecule has 0 bridgehead atoms. The fourth-order valence-electron chi connectivity index (χ4n) is 4.04. The molecule has 0 heterocycles. The highest BCUT2D eigenvalue weighted by atomic mass is 16.5. The van der Waals surface area contributed by atoms with Crippen molar-refractivity contribution in [2.24, 2.45) is 11.8 Å². The lowest BCUT2D eigenvalue weighted by Gasteiger charge is -2.08. The molecule has 0 N–H and O–H groups in total. The van der Waals surface area contributed by atoms with E-state index in [1.807, 2.05) is 0 Å². The summed E-state index contributed by atoms with van der Waals surface area (Å²) in [6.07, 6.45) is 21.0. The van der Waals surface area contributed by atoms with E-state index in [1.54, 1.807) is 0 Å². The van der Waals surface area contributed by atoms with E-state index in [0.717, 1.165) is 31.8 Å². The molecule has 216 valence electrons. The number of rotatable bonds is 29. The number of carbonyl (C=O) groups excluding carboxylic acids is 1. The molecule has 0 saturated heterocycles. The topological polar surface area (TPSA) is 54.0 Å². The van der Waals surface area contributed by atoms with Crippen LogP contribution in [0, 0.1) is 11.8 Å². The van der Waals surface area contributed by atoms with E-state index in [1.165, 1.54) is 77.0 Å². The van der Waals surface area contributed by atoms with Crippen molar-refractivity contribution in [3.05, 3.63) is 0 Å². The summed E-state index contributed by atoms with van der Waals surface area (Å²) in [5, 5.41) is 0. The molecular weight excluding hydrogens is 452 g/mol. The maximum absolute atomic E-state index is 11.8. The third kappa shape index (κ3) is 31.4. The van der Waals surface area contributed by atoms with Gasteiger partial charge in [-0.25, -0.2) is 0 Å². The highest BCUT2D eigenvalue weighted by molar-refractivity contribution is 5.69. The van der Waals surface area contributed by atoms with E-state index < -0.39 is 0 Å². The van der Waals surface area contributed by atoms with Crippen LogP contribution in [0.15, 0.2) is 0 Å². The van der Waals surface area contributed by atoms with Crippen LogP contribution in [-0.2, 0) is 23.7 Å². The first-order chi connectivity index (χ1) is 17.5. The van der Waals surface area contributed by atoms with Gasteiger partial charge < -0.3 is 18.9 Å². The molecular formula is C31H62O5. The highest BCUT2D eigenvalue weighted by Gasteiger charge is 2.03. The second-order valence-electron chi connectivity index (χ2n) is 11.1. The van der Waals surface area contributed by atoms with E-state index in [0.29, 0.717) is 58.4 Å². The first kappa shape index (κ1) is 35.4. The van der Waals surface area contributed by atoms with Crippen molar-refractivity contribution in [2.75, 3.05) is 46.2 Å². The van der Waals surface area contributed by atoms with E-state index >= 15 is 0 Å². The number of carbonyl (C=O) groups is 1. The van der Waals surface area contributed by atoms with Crippen LogP contribution in [0.25, 0.3) is 0 Å². The minimum atomic E-state index is -0.103. The van der Waals surface area contributed by atoms with Gasteiger partial charge in [0.2, 0.25) is 0 Å². The summed E-state index contributed by atoms with van der Waals surface area (Å²) in [6, 6.07) is 0. The molecule has 0 amide bonds. The molecule has 5 nitrogen and oxygen atoms in total. The molecule has 0 aromatic heterocycles. The summed E-state index contributed by atoms with van der Waals surface area (Å²) in [5.74, 6) is 1.44. The standard InChI is InChI=1S/C31H62O5/c1-29(2)19-16-14-12-10-8-6-5-7-9-11-13-15-17-23-36-31(32)20-18-22-33-25-27-35-28-26-34-24-21-30(3)4/h29-30H,5-28H2,1-4H3. The van der Waals surface area contributed by atoms with Crippen LogP contribution >= 0.6 is 0 Å². The smallest absolute Gasteiger partial charge is 0.305 e. The van der Waals surface area contributed by atoms with Crippen molar-refractivity contribution < 1.29 is 23.7 Å². The molecule has 0 aromatic rings. The molecule has 0 aromatic carbocycles. The lowest BCUT2D eigenvalue weighted by Crippen LogP contribution is -2.11. The van der Waals surface area contributed by atoms with E-state index in [4.69, 9.17) is 18.9 Å². The maximum Gasteiger partial charge on any atom is 0.305 e. The Hall–Kier alpha value is -0.650. The van der Waals surface area contributed by atoms with E-state index in [-0.39, 0.29) is 5.97 Å². The van der Waals surface area contributed by atoms with Crippen molar-refractivity contribution in [3.63, 3.8) is 0 Å². The fourth-order valence-corrected chi connectivity index (χ4v) is 4.04. The maximum atomic E-state index is 11.8. The molecule has 0 aliphatic heterocycles. The summed E-state index contributed by atoms with van der Waals surface area (Å²) in [6.45, 7) is 13.3. The monoisotopic (exact) mass is 514 g/mol. The molecule has 0 saturated carbocycles. The second-order valence-corrected chi connectivity index (χ2v) is 11.1. The van der Waals surface area contributed by atoms with Crippen LogP contribution in [0.3, 0.4) is 0 Å². The van der Waals surface area contributed by atoms with Gasteiger partial charge in [0, 0.05) is 19.6 Å². The third-order valence-electron chi connectivity index (χ3n) is 6.44.